The molecule has 2 atom stereocenters. The minimum absolute atomic E-state index is 0.432. The molecule has 0 aliphatic rings. The van der Waals surface area contributed by atoms with Crippen LogP contribution in [0, 0.1) is 0 Å². The van der Waals surface area contributed by atoms with Crippen LogP contribution in [0.5, 0.6) is 0 Å². The Bertz CT molecular complexity index is 346. The number of hydrogen-bond acceptors (Lipinski definition) is 3. The molecule has 0 bridgehead atoms. The first-order valence-corrected chi connectivity index (χ1v) is 8.93. The molecule has 0 aliphatic heterocycles. The molecule has 0 saturated carbocycles. The second-order valence-corrected chi connectivity index (χ2v) is 10.1. The van der Waals surface area contributed by atoms with Crippen molar-refractivity contribution in [1.82, 2.24) is 0 Å². The highest BCUT2D eigenvalue weighted by molar-refractivity contribution is 6.88. The van der Waals surface area contributed by atoms with Crippen LogP contribution in [-0.4, -0.2) is 36.1 Å². The van der Waals surface area contributed by atoms with E-state index in [4.69, 9.17) is 5.11 Å². The fourth-order valence-electron chi connectivity index (χ4n) is 1.51. The quantitative estimate of drug-likeness (QED) is 0.676. The first kappa shape index (κ1) is 13.4. The molecule has 16 heavy (non-hydrogen) atoms. The van der Waals surface area contributed by atoms with Gasteiger partial charge < -0.3 is 15.3 Å². The molecular formula is C12H20O3Si. The Kier molecular flexibility index (Phi) is 4.26. The summed E-state index contributed by atoms with van der Waals surface area (Å²) in [5.41, 5.74) is 0.668. The van der Waals surface area contributed by atoms with Gasteiger partial charge in [0.15, 0.2) is 0 Å². The summed E-state index contributed by atoms with van der Waals surface area (Å²) in [4.78, 5) is 0. The Balaban J connectivity index is 2.99. The van der Waals surface area contributed by atoms with Crippen molar-refractivity contribution in [2.24, 2.45) is 0 Å². The first-order valence-electron chi connectivity index (χ1n) is 5.43. The lowest BCUT2D eigenvalue weighted by Gasteiger charge is -2.21. The van der Waals surface area contributed by atoms with Gasteiger partial charge in [0.1, 0.15) is 12.2 Å². The number of aliphatic hydroxyl groups is 3. The van der Waals surface area contributed by atoms with Gasteiger partial charge in [0.2, 0.25) is 0 Å². The van der Waals surface area contributed by atoms with Crippen LogP contribution in [0.15, 0.2) is 24.3 Å². The molecule has 0 aliphatic carbocycles. The van der Waals surface area contributed by atoms with E-state index < -0.39 is 26.9 Å². The highest BCUT2D eigenvalue weighted by Crippen LogP contribution is 2.16. The van der Waals surface area contributed by atoms with Gasteiger partial charge in [-0.15, -0.1) is 0 Å². The molecule has 0 fully saturated rings. The van der Waals surface area contributed by atoms with Crippen molar-refractivity contribution in [2.75, 3.05) is 6.61 Å². The minimum Gasteiger partial charge on any atom is -0.394 e. The van der Waals surface area contributed by atoms with Crippen molar-refractivity contribution in [2.45, 2.75) is 31.8 Å². The summed E-state index contributed by atoms with van der Waals surface area (Å²) in [5, 5.41) is 29.2. The molecule has 1 aromatic rings. The van der Waals surface area contributed by atoms with E-state index in [0.29, 0.717) is 5.56 Å². The van der Waals surface area contributed by atoms with Crippen LogP contribution in [0.2, 0.25) is 19.6 Å². The predicted molar refractivity (Wildman–Crippen MR) is 67.5 cm³/mol. The highest BCUT2D eigenvalue weighted by Gasteiger charge is 2.21. The highest BCUT2D eigenvalue weighted by atomic mass is 28.3. The second-order valence-electron chi connectivity index (χ2n) is 5.07. The molecule has 2 unspecified atom stereocenters. The molecule has 0 heterocycles. The maximum absolute atomic E-state index is 9.78. The van der Waals surface area contributed by atoms with Crippen LogP contribution in [0.25, 0.3) is 0 Å². The summed E-state index contributed by atoms with van der Waals surface area (Å²) in [6, 6.07) is 7.63. The van der Waals surface area contributed by atoms with Gasteiger partial charge in [0, 0.05) is 0 Å². The third-order valence-corrected chi connectivity index (χ3v) is 4.69. The maximum atomic E-state index is 9.78. The van der Waals surface area contributed by atoms with Gasteiger partial charge in [0.05, 0.1) is 14.7 Å². The van der Waals surface area contributed by atoms with Crippen molar-refractivity contribution in [3.05, 3.63) is 29.8 Å². The van der Waals surface area contributed by atoms with Gasteiger partial charge >= 0.3 is 0 Å². The molecule has 0 aromatic heterocycles. The molecule has 0 radical (unpaired) electrons. The molecule has 1 aromatic carbocycles. The van der Waals surface area contributed by atoms with E-state index in [1.165, 1.54) is 5.19 Å². The summed E-state index contributed by atoms with van der Waals surface area (Å²) >= 11 is 0. The Morgan fingerprint density at radius 1 is 1.19 bits per heavy atom. The average Bonchev–Trinajstić information content (AvgIpc) is 2.26. The van der Waals surface area contributed by atoms with Gasteiger partial charge in [-0.25, -0.2) is 0 Å². The number of benzene rings is 1. The predicted octanol–water partition coefficient (Wildman–Crippen LogP) is 0.618. The monoisotopic (exact) mass is 240 g/mol. The van der Waals surface area contributed by atoms with Crippen LogP contribution in [0.1, 0.15) is 11.7 Å². The molecule has 0 amide bonds. The molecule has 3 N–H and O–H groups in total. The smallest absolute Gasteiger partial charge is 0.107 e. The lowest BCUT2D eigenvalue weighted by atomic mass is 10.1. The third-order valence-electron chi connectivity index (χ3n) is 2.65. The molecule has 0 saturated heterocycles. The average molecular weight is 240 g/mol. The lowest BCUT2D eigenvalue weighted by Crippen LogP contribution is -2.38. The van der Waals surface area contributed by atoms with Crippen LogP contribution < -0.4 is 5.19 Å². The zero-order valence-electron chi connectivity index (χ0n) is 10.0. The topological polar surface area (TPSA) is 60.7 Å². The largest absolute Gasteiger partial charge is 0.394 e. The number of rotatable bonds is 4. The SMILES string of the molecule is C[Si](C)(C)c1cccc(C(O)C(O)CO)c1. The minimum atomic E-state index is -1.41. The van der Waals surface area contributed by atoms with Gasteiger partial charge in [0.25, 0.3) is 0 Å². The van der Waals surface area contributed by atoms with E-state index in [-0.39, 0.29) is 0 Å². The Hall–Kier alpha value is -0.683. The molecular weight excluding hydrogens is 220 g/mol. The fraction of sp³-hybridized carbons (Fsp3) is 0.500. The summed E-state index contributed by atoms with van der Waals surface area (Å²) in [6.07, 6.45) is -2.13. The van der Waals surface area contributed by atoms with Crippen LogP contribution in [0.3, 0.4) is 0 Å². The zero-order valence-corrected chi connectivity index (χ0v) is 11.0. The zero-order chi connectivity index (χ0) is 12.3. The summed E-state index contributed by atoms with van der Waals surface area (Å²) in [7, 11) is -1.41. The van der Waals surface area contributed by atoms with Gasteiger partial charge in [-0.1, -0.05) is 49.1 Å². The van der Waals surface area contributed by atoms with E-state index >= 15 is 0 Å². The van der Waals surface area contributed by atoms with Crippen LogP contribution >= 0.6 is 0 Å². The second kappa shape index (κ2) is 5.10. The fourth-order valence-corrected chi connectivity index (χ4v) is 2.71. The van der Waals surface area contributed by atoms with Crippen molar-refractivity contribution < 1.29 is 15.3 Å². The standard InChI is InChI=1S/C12H20O3Si/c1-16(2,3)10-6-4-5-9(7-10)12(15)11(14)8-13/h4-7,11-15H,8H2,1-3H3. The van der Waals surface area contributed by atoms with Crippen molar-refractivity contribution in [1.29, 1.82) is 0 Å². The molecule has 3 nitrogen and oxygen atoms in total. The van der Waals surface area contributed by atoms with E-state index in [1.807, 2.05) is 18.2 Å². The molecule has 0 spiro atoms. The van der Waals surface area contributed by atoms with Crippen molar-refractivity contribution in [3.63, 3.8) is 0 Å². The third kappa shape index (κ3) is 3.15. The Morgan fingerprint density at radius 2 is 1.81 bits per heavy atom. The van der Waals surface area contributed by atoms with Gasteiger partial charge in [-0.05, 0) is 5.56 Å². The summed E-state index contributed by atoms with van der Waals surface area (Å²) in [6.45, 7) is 6.24. The van der Waals surface area contributed by atoms with Gasteiger partial charge in [-0.2, -0.15) is 0 Å². The summed E-state index contributed by atoms with van der Waals surface area (Å²) in [5.74, 6) is 0. The number of aliphatic hydroxyl groups excluding tert-OH is 3. The Morgan fingerprint density at radius 3 is 2.31 bits per heavy atom. The molecule has 4 heteroatoms. The van der Waals surface area contributed by atoms with E-state index in [0.717, 1.165) is 0 Å². The molecule has 1 rings (SSSR count). The van der Waals surface area contributed by atoms with Crippen LogP contribution in [0.4, 0.5) is 0 Å². The van der Waals surface area contributed by atoms with Crippen molar-refractivity contribution in [3.8, 4) is 0 Å². The normalized spacial score (nSPS) is 15.9. The summed E-state index contributed by atoms with van der Waals surface area (Å²) < 4.78 is 0. The van der Waals surface area contributed by atoms with Crippen molar-refractivity contribution >= 4 is 13.3 Å². The first-order chi connectivity index (χ1) is 7.36. The van der Waals surface area contributed by atoms with E-state index in [2.05, 4.69) is 19.6 Å². The lowest BCUT2D eigenvalue weighted by molar-refractivity contribution is -0.0152. The van der Waals surface area contributed by atoms with E-state index in [1.54, 1.807) is 6.07 Å². The van der Waals surface area contributed by atoms with Crippen LogP contribution in [-0.2, 0) is 0 Å². The molecule has 90 valence electrons. The Labute approximate surface area is 97.4 Å². The van der Waals surface area contributed by atoms with E-state index in [9.17, 15) is 10.2 Å². The maximum Gasteiger partial charge on any atom is 0.107 e. The van der Waals surface area contributed by atoms with Gasteiger partial charge in [-0.3, -0.25) is 0 Å². The number of hydrogen-bond donors (Lipinski definition) is 3.